The van der Waals surface area contributed by atoms with E-state index >= 15 is 0 Å². The number of aromatic nitrogens is 1. The summed E-state index contributed by atoms with van der Waals surface area (Å²) in [5, 5.41) is 19.2. The lowest BCUT2D eigenvalue weighted by Crippen LogP contribution is -2.27. The Balaban J connectivity index is 2.70. The molecule has 0 saturated heterocycles. The van der Waals surface area contributed by atoms with Crippen molar-refractivity contribution in [3.8, 4) is 0 Å². The molecule has 138 valence electrons. The molecule has 0 atom stereocenters. The van der Waals surface area contributed by atoms with Gasteiger partial charge in [-0.25, -0.2) is 14.6 Å². The number of oxime groups is 1. The molecule has 1 aromatic heterocycles. The quantitative estimate of drug-likeness (QED) is 0.374. The molecule has 1 rings (SSSR count). The molecule has 0 spiro atoms. The van der Waals surface area contributed by atoms with E-state index in [2.05, 4.69) is 20.8 Å². The van der Waals surface area contributed by atoms with Crippen LogP contribution in [0, 0.1) is 0 Å². The van der Waals surface area contributed by atoms with E-state index in [1.165, 1.54) is 12.3 Å². The maximum absolute atomic E-state index is 11.7. The molecule has 0 aliphatic rings. The summed E-state index contributed by atoms with van der Waals surface area (Å²) < 4.78 is 5.08. The first kappa shape index (κ1) is 20.4. The Bertz CT molecular complexity index is 665. The molecule has 0 saturated carbocycles. The van der Waals surface area contributed by atoms with Crippen LogP contribution in [0.15, 0.2) is 10.5 Å². The maximum Gasteiger partial charge on any atom is 0.413 e. The summed E-state index contributed by atoms with van der Waals surface area (Å²) in [5.74, 6) is -1.57. The number of ether oxygens (including phenoxy) is 1. The molecule has 2 amide bonds. The summed E-state index contributed by atoms with van der Waals surface area (Å²) in [6.07, 6.45) is -0.700. The molecule has 11 heteroatoms. The van der Waals surface area contributed by atoms with Crippen molar-refractivity contribution < 1.29 is 29.1 Å². The summed E-state index contributed by atoms with van der Waals surface area (Å²) in [7, 11) is 0. The first-order chi connectivity index (χ1) is 11.6. The average Bonchev–Trinajstić information content (AvgIpc) is 2.87. The van der Waals surface area contributed by atoms with Crippen LogP contribution < -0.4 is 10.6 Å². The molecule has 25 heavy (non-hydrogen) atoms. The van der Waals surface area contributed by atoms with E-state index in [1.807, 2.05) is 0 Å². The van der Waals surface area contributed by atoms with Gasteiger partial charge in [-0.1, -0.05) is 5.16 Å². The van der Waals surface area contributed by atoms with Crippen LogP contribution in [0.4, 0.5) is 9.93 Å². The second kappa shape index (κ2) is 8.97. The Morgan fingerprint density at radius 2 is 2.04 bits per heavy atom. The normalized spacial score (nSPS) is 11.6. The highest BCUT2D eigenvalue weighted by Gasteiger charge is 2.20. The molecule has 0 aromatic carbocycles. The van der Waals surface area contributed by atoms with Crippen LogP contribution in [-0.4, -0.2) is 52.5 Å². The zero-order valence-electron chi connectivity index (χ0n) is 14.3. The van der Waals surface area contributed by atoms with Gasteiger partial charge in [-0.3, -0.25) is 10.1 Å². The van der Waals surface area contributed by atoms with E-state index in [-0.39, 0.29) is 29.9 Å². The first-order valence-electron chi connectivity index (χ1n) is 7.22. The third kappa shape index (κ3) is 8.11. The minimum absolute atomic E-state index is 0.00348. The molecule has 1 aromatic rings. The second-order valence-electron chi connectivity index (χ2n) is 5.73. The van der Waals surface area contributed by atoms with Crippen molar-refractivity contribution in [3.63, 3.8) is 0 Å². The number of anilines is 1. The summed E-state index contributed by atoms with van der Waals surface area (Å²) in [4.78, 5) is 42.5. The predicted molar refractivity (Wildman–Crippen MR) is 90.8 cm³/mol. The summed E-state index contributed by atoms with van der Waals surface area (Å²) in [6.45, 7) is 6.69. The number of aliphatic carboxylic acids is 1. The van der Waals surface area contributed by atoms with Gasteiger partial charge in [0.1, 0.15) is 17.9 Å². The highest BCUT2D eigenvalue weighted by Crippen LogP contribution is 2.18. The monoisotopic (exact) mass is 372 g/mol. The maximum atomic E-state index is 11.7. The van der Waals surface area contributed by atoms with Gasteiger partial charge in [-0.2, -0.15) is 0 Å². The highest BCUT2D eigenvalue weighted by atomic mass is 32.1. The standard InChI is InChI=1S/C14H20N4O6S/c1-8(19)15-5-6-23-18-10(11(20)21)9-7-25-12(16-9)17-13(22)24-14(2,3)4/h7H,5-6H2,1-4H3,(H,15,19)(H,20,21)(H,16,17,22)/b18-10-. The molecule has 0 fully saturated rings. The minimum Gasteiger partial charge on any atom is -0.476 e. The topological polar surface area (TPSA) is 139 Å². The molecule has 1 heterocycles. The van der Waals surface area contributed by atoms with Crippen molar-refractivity contribution in [2.24, 2.45) is 5.16 Å². The number of rotatable bonds is 7. The Morgan fingerprint density at radius 3 is 2.60 bits per heavy atom. The Hall–Kier alpha value is -2.69. The van der Waals surface area contributed by atoms with Crippen molar-refractivity contribution in [2.45, 2.75) is 33.3 Å². The smallest absolute Gasteiger partial charge is 0.413 e. The molecule has 0 bridgehead atoms. The lowest BCUT2D eigenvalue weighted by molar-refractivity contribution is -0.129. The lowest BCUT2D eigenvalue weighted by Gasteiger charge is -2.18. The van der Waals surface area contributed by atoms with Crippen molar-refractivity contribution in [2.75, 3.05) is 18.5 Å². The van der Waals surface area contributed by atoms with Crippen LogP contribution in [0.5, 0.6) is 0 Å². The Morgan fingerprint density at radius 1 is 1.36 bits per heavy atom. The zero-order chi connectivity index (χ0) is 19.0. The summed E-state index contributed by atoms with van der Waals surface area (Å²) in [6, 6.07) is 0. The van der Waals surface area contributed by atoms with Crippen molar-refractivity contribution in [1.82, 2.24) is 10.3 Å². The van der Waals surface area contributed by atoms with Gasteiger partial charge in [0.2, 0.25) is 11.6 Å². The third-order valence-corrected chi connectivity index (χ3v) is 3.04. The Labute approximate surface area is 148 Å². The number of hydrogen-bond donors (Lipinski definition) is 3. The van der Waals surface area contributed by atoms with Crippen LogP contribution in [0.25, 0.3) is 0 Å². The van der Waals surface area contributed by atoms with E-state index in [1.54, 1.807) is 20.8 Å². The molecule has 0 unspecified atom stereocenters. The van der Waals surface area contributed by atoms with Crippen LogP contribution >= 0.6 is 11.3 Å². The molecule has 0 aliphatic heterocycles. The average molecular weight is 372 g/mol. The van der Waals surface area contributed by atoms with E-state index in [4.69, 9.17) is 9.57 Å². The van der Waals surface area contributed by atoms with Gasteiger partial charge in [-0.15, -0.1) is 11.3 Å². The molecule has 10 nitrogen and oxygen atoms in total. The van der Waals surface area contributed by atoms with E-state index in [0.29, 0.717) is 0 Å². The number of nitrogens with zero attached hydrogens (tertiary/aromatic N) is 2. The van der Waals surface area contributed by atoms with Crippen LogP contribution in [-0.2, 0) is 19.2 Å². The van der Waals surface area contributed by atoms with Crippen molar-refractivity contribution in [3.05, 3.63) is 11.1 Å². The van der Waals surface area contributed by atoms with Crippen molar-refractivity contribution in [1.29, 1.82) is 0 Å². The number of carboxylic acid groups (broad SMARTS) is 1. The number of nitrogens with one attached hydrogen (secondary N) is 2. The van der Waals surface area contributed by atoms with E-state index in [9.17, 15) is 19.5 Å². The van der Waals surface area contributed by atoms with Crippen LogP contribution in [0.3, 0.4) is 0 Å². The SMILES string of the molecule is CC(=O)NCCO/N=C(\C(=O)O)c1csc(NC(=O)OC(C)(C)C)n1. The zero-order valence-corrected chi connectivity index (χ0v) is 15.1. The number of carbonyl (C=O) groups excluding carboxylic acids is 2. The van der Waals surface area contributed by atoms with Crippen LogP contribution in [0.2, 0.25) is 0 Å². The fourth-order valence-corrected chi connectivity index (χ4v) is 2.09. The molecule has 3 N–H and O–H groups in total. The van der Waals surface area contributed by atoms with Crippen molar-refractivity contribution >= 4 is 40.1 Å². The van der Waals surface area contributed by atoms with Gasteiger partial charge in [0.05, 0.1) is 6.54 Å². The van der Waals surface area contributed by atoms with E-state index < -0.39 is 23.4 Å². The number of thiazole rings is 1. The lowest BCUT2D eigenvalue weighted by atomic mass is 10.2. The van der Waals surface area contributed by atoms with Gasteiger partial charge < -0.3 is 20.0 Å². The number of hydrogen-bond acceptors (Lipinski definition) is 8. The van der Waals surface area contributed by atoms with Gasteiger partial charge >= 0.3 is 12.1 Å². The summed E-state index contributed by atoms with van der Waals surface area (Å²) >= 11 is 1.02. The second-order valence-corrected chi connectivity index (χ2v) is 6.58. The van der Waals surface area contributed by atoms with Gasteiger partial charge in [0.25, 0.3) is 0 Å². The van der Waals surface area contributed by atoms with Gasteiger partial charge in [0.15, 0.2) is 5.13 Å². The number of carbonyl (C=O) groups is 3. The van der Waals surface area contributed by atoms with Gasteiger partial charge in [-0.05, 0) is 20.8 Å². The van der Waals surface area contributed by atoms with E-state index in [0.717, 1.165) is 11.3 Å². The fourth-order valence-electron chi connectivity index (χ4n) is 1.41. The Kier molecular flexibility index (Phi) is 7.30. The number of carboxylic acids is 1. The van der Waals surface area contributed by atoms with Gasteiger partial charge in [0, 0.05) is 12.3 Å². The first-order valence-corrected chi connectivity index (χ1v) is 8.10. The minimum atomic E-state index is -1.34. The predicted octanol–water partition coefficient (Wildman–Crippen LogP) is 1.43. The highest BCUT2D eigenvalue weighted by molar-refractivity contribution is 7.14. The molecule has 0 aliphatic carbocycles. The largest absolute Gasteiger partial charge is 0.476 e. The number of amides is 2. The third-order valence-electron chi connectivity index (χ3n) is 2.28. The van der Waals surface area contributed by atoms with Crippen LogP contribution in [0.1, 0.15) is 33.4 Å². The summed E-state index contributed by atoms with van der Waals surface area (Å²) in [5.41, 5.74) is -1.06. The fraction of sp³-hybridized carbons (Fsp3) is 0.500. The molecular weight excluding hydrogens is 352 g/mol. The molecular formula is C14H20N4O6S. The molecule has 0 radical (unpaired) electrons.